The number of carbonyl (C=O) groups is 1. The van der Waals surface area contributed by atoms with Crippen molar-refractivity contribution in [1.82, 2.24) is 0 Å². The summed E-state index contributed by atoms with van der Waals surface area (Å²) < 4.78 is 66.3. The third-order valence-corrected chi connectivity index (χ3v) is 4.92. The fourth-order valence-corrected chi connectivity index (χ4v) is 3.43. The summed E-state index contributed by atoms with van der Waals surface area (Å²) in [6.07, 6.45) is 0. The van der Waals surface area contributed by atoms with Crippen LogP contribution in [-0.4, -0.2) is 14.4 Å². The van der Waals surface area contributed by atoms with Gasteiger partial charge in [-0.2, -0.15) is 0 Å². The molecule has 0 amide bonds. The number of halogens is 3. The highest BCUT2D eigenvalue weighted by Crippen LogP contribution is 2.26. The normalized spacial score (nSPS) is 11.4. The Morgan fingerprint density at radius 2 is 1.71 bits per heavy atom. The maximum atomic E-state index is 13.6. The van der Waals surface area contributed by atoms with Crippen LogP contribution in [0.1, 0.15) is 21.5 Å². The van der Waals surface area contributed by atoms with Gasteiger partial charge in [0.25, 0.3) is 10.0 Å². The number of hydrogen-bond acceptors (Lipinski definition) is 4. The van der Waals surface area contributed by atoms with E-state index >= 15 is 0 Å². The van der Waals surface area contributed by atoms with Crippen molar-refractivity contribution in [3.63, 3.8) is 0 Å². The highest BCUT2D eigenvalue weighted by Gasteiger charge is 2.23. The lowest BCUT2D eigenvalue weighted by Crippen LogP contribution is -2.24. The summed E-state index contributed by atoms with van der Waals surface area (Å²) in [7, 11) is -4.44. The minimum atomic E-state index is -4.44. The van der Waals surface area contributed by atoms with Crippen LogP contribution >= 0.6 is 0 Å². The summed E-state index contributed by atoms with van der Waals surface area (Å²) >= 11 is 0. The molecule has 0 fully saturated rings. The van der Waals surface area contributed by atoms with Crippen molar-refractivity contribution in [3.05, 3.63) is 58.4 Å². The molecule has 0 heterocycles. The van der Waals surface area contributed by atoms with Gasteiger partial charge in [-0.1, -0.05) is 0 Å². The fraction of sp³-hybridized carbons (Fsp3) is 0.133. The predicted octanol–water partition coefficient (Wildman–Crippen LogP) is 1.89. The molecule has 0 aliphatic heterocycles. The number of rotatable bonds is 4. The van der Waals surface area contributed by atoms with E-state index in [0.29, 0.717) is 11.6 Å². The highest BCUT2D eigenvalue weighted by molar-refractivity contribution is 7.92. The first-order valence-corrected chi connectivity index (χ1v) is 8.02. The Hall–Kier alpha value is -2.55. The van der Waals surface area contributed by atoms with Crippen LogP contribution < -0.4 is 9.83 Å². The lowest BCUT2D eigenvalue weighted by molar-refractivity contribution is -0.255. The first kappa shape index (κ1) is 17.8. The van der Waals surface area contributed by atoms with Crippen LogP contribution in [0.3, 0.4) is 0 Å². The fourth-order valence-electron chi connectivity index (χ4n) is 2.03. The summed E-state index contributed by atoms with van der Waals surface area (Å²) in [6, 6.07) is 3.35. The molecule has 0 aromatic heterocycles. The number of nitrogens with one attached hydrogen (secondary N) is 1. The highest BCUT2D eigenvalue weighted by atomic mass is 32.2. The number of benzene rings is 2. The van der Waals surface area contributed by atoms with Gasteiger partial charge in [0, 0.05) is 0 Å². The third-order valence-electron chi connectivity index (χ3n) is 3.42. The standard InChI is InChI=1S/C15H12F3NO4S/c1-7-5-9(15(20)21)6-12(8(7)2)24(22,23)19-11-4-3-10(16)13(17)14(11)18/h3-6,19H,1-2H3,(H,20,21)/p-1. The smallest absolute Gasteiger partial charge is 0.262 e. The molecule has 0 radical (unpaired) electrons. The average Bonchev–Trinajstić information content (AvgIpc) is 2.50. The summed E-state index contributed by atoms with van der Waals surface area (Å²) in [6.45, 7) is 2.91. The summed E-state index contributed by atoms with van der Waals surface area (Å²) in [5, 5.41) is 11.0. The molecule has 0 saturated heterocycles. The van der Waals surface area contributed by atoms with Crippen LogP contribution in [0.2, 0.25) is 0 Å². The van der Waals surface area contributed by atoms with E-state index in [1.807, 2.05) is 0 Å². The van der Waals surface area contributed by atoms with Crippen LogP contribution in [0.25, 0.3) is 0 Å². The molecule has 2 rings (SSSR count). The summed E-state index contributed by atoms with van der Waals surface area (Å²) in [5.41, 5.74) is -0.618. The molecule has 9 heteroatoms. The van der Waals surface area contributed by atoms with E-state index in [-0.39, 0.29) is 11.1 Å². The number of sulfonamides is 1. The Morgan fingerprint density at radius 3 is 2.29 bits per heavy atom. The average molecular weight is 358 g/mol. The monoisotopic (exact) mass is 358 g/mol. The Morgan fingerprint density at radius 1 is 1.08 bits per heavy atom. The van der Waals surface area contributed by atoms with Crippen LogP contribution in [0.15, 0.2) is 29.2 Å². The van der Waals surface area contributed by atoms with Crippen LogP contribution in [-0.2, 0) is 10.0 Å². The van der Waals surface area contributed by atoms with E-state index in [1.165, 1.54) is 19.9 Å². The molecule has 1 N–H and O–H groups in total. The van der Waals surface area contributed by atoms with Crippen molar-refractivity contribution >= 4 is 21.7 Å². The molecule has 24 heavy (non-hydrogen) atoms. The second kappa shape index (κ2) is 6.16. The van der Waals surface area contributed by atoms with E-state index in [2.05, 4.69) is 0 Å². The van der Waals surface area contributed by atoms with E-state index in [0.717, 1.165) is 12.1 Å². The number of carbonyl (C=O) groups excluding carboxylic acids is 1. The zero-order valence-corrected chi connectivity index (χ0v) is 13.3. The van der Waals surface area contributed by atoms with Gasteiger partial charge in [0.15, 0.2) is 17.5 Å². The van der Waals surface area contributed by atoms with Crippen molar-refractivity contribution < 1.29 is 31.5 Å². The van der Waals surface area contributed by atoms with Gasteiger partial charge in [-0.05, 0) is 54.8 Å². The van der Waals surface area contributed by atoms with E-state index in [9.17, 15) is 31.5 Å². The van der Waals surface area contributed by atoms with Gasteiger partial charge < -0.3 is 9.90 Å². The molecule has 0 aliphatic rings. The Labute approximate surface area is 135 Å². The molecule has 2 aromatic rings. The molecular weight excluding hydrogens is 347 g/mol. The van der Waals surface area contributed by atoms with Gasteiger partial charge in [0.1, 0.15) is 0 Å². The summed E-state index contributed by atoms with van der Waals surface area (Å²) in [4.78, 5) is 10.5. The van der Waals surface area contributed by atoms with Gasteiger partial charge in [-0.15, -0.1) is 0 Å². The van der Waals surface area contributed by atoms with Crippen molar-refractivity contribution in [2.45, 2.75) is 18.7 Å². The van der Waals surface area contributed by atoms with E-state index in [1.54, 1.807) is 4.72 Å². The lowest BCUT2D eigenvalue weighted by Gasteiger charge is -2.15. The van der Waals surface area contributed by atoms with Crippen molar-refractivity contribution in [2.24, 2.45) is 0 Å². The van der Waals surface area contributed by atoms with E-state index in [4.69, 9.17) is 0 Å². The summed E-state index contributed by atoms with van der Waals surface area (Å²) in [5.74, 6) is -6.59. The molecular formula is C15H11F3NO4S-. The van der Waals surface area contributed by atoms with Gasteiger partial charge in [-0.3, -0.25) is 4.72 Å². The largest absolute Gasteiger partial charge is 0.545 e. The Kier molecular flexibility index (Phi) is 4.57. The zero-order chi connectivity index (χ0) is 18.2. The molecule has 5 nitrogen and oxygen atoms in total. The maximum absolute atomic E-state index is 13.6. The molecule has 0 spiro atoms. The second-order valence-corrected chi connectivity index (χ2v) is 6.68. The third kappa shape index (κ3) is 3.21. The number of carboxylic acids is 1. The minimum absolute atomic E-state index is 0.218. The lowest BCUT2D eigenvalue weighted by atomic mass is 10.1. The quantitative estimate of drug-likeness (QED) is 0.846. The van der Waals surface area contributed by atoms with Crippen LogP contribution in [0.4, 0.5) is 18.9 Å². The van der Waals surface area contributed by atoms with Crippen molar-refractivity contribution in [1.29, 1.82) is 0 Å². The van der Waals surface area contributed by atoms with Gasteiger partial charge in [-0.25, -0.2) is 21.6 Å². The van der Waals surface area contributed by atoms with Crippen LogP contribution in [0, 0.1) is 31.3 Å². The van der Waals surface area contributed by atoms with Crippen LogP contribution in [0.5, 0.6) is 0 Å². The van der Waals surface area contributed by atoms with Crippen molar-refractivity contribution in [2.75, 3.05) is 4.72 Å². The Bertz CT molecular complexity index is 942. The second-order valence-electron chi connectivity index (χ2n) is 5.03. The molecule has 128 valence electrons. The number of aromatic carboxylic acids is 1. The maximum Gasteiger partial charge on any atom is 0.262 e. The van der Waals surface area contributed by atoms with E-state index < -0.39 is 44.0 Å². The molecule has 0 saturated carbocycles. The Balaban J connectivity index is 2.56. The topological polar surface area (TPSA) is 86.3 Å². The molecule has 2 aromatic carbocycles. The van der Waals surface area contributed by atoms with Gasteiger partial charge >= 0.3 is 0 Å². The zero-order valence-electron chi connectivity index (χ0n) is 12.5. The molecule has 0 atom stereocenters. The number of hydrogen-bond donors (Lipinski definition) is 1. The number of anilines is 1. The minimum Gasteiger partial charge on any atom is -0.545 e. The SMILES string of the molecule is Cc1cc(C(=O)[O-])cc(S(=O)(=O)Nc2ccc(F)c(F)c2F)c1C. The first-order valence-electron chi connectivity index (χ1n) is 6.53. The molecule has 0 aliphatic carbocycles. The first-order chi connectivity index (χ1) is 11.0. The predicted molar refractivity (Wildman–Crippen MR) is 77.4 cm³/mol. The molecule has 0 unspecified atom stereocenters. The van der Waals surface area contributed by atoms with Gasteiger partial charge in [0.2, 0.25) is 0 Å². The molecule has 0 bridgehead atoms. The van der Waals surface area contributed by atoms with Crippen molar-refractivity contribution in [3.8, 4) is 0 Å². The number of carboxylic acid groups (broad SMARTS) is 1. The number of aryl methyl sites for hydroxylation is 1. The van der Waals surface area contributed by atoms with Gasteiger partial charge in [0.05, 0.1) is 16.6 Å².